The Bertz CT molecular complexity index is 612. The first kappa shape index (κ1) is 14.1. The number of benzene rings is 2. The highest BCUT2D eigenvalue weighted by molar-refractivity contribution is 5.36. The summed E-state index contributed by atoms with van der Waals surface area (Å²) in [5.41, 5.74) is 10.1. The molecule has 2 aromatic rings. The van der Waals surface area contributed by atoms with E-state index in [2.05, 4.69) is 30.3 Å². The molecule has 3 nitrogen and oxygen atoms in total. The number of methoxy groups -OCH3 is 1. The maximum absolute atomic E-state index is 6.44. The molecule has 3 rings (SSSR count). The topological polar surface area (TPSA) is 44.5 Å². The van der Waals surface area contributed by atoms with Gasteiger partial charge in [0, 0.05) is 6.04 Å². The normalized spacial score (nSPS) is 18.9. The lowest BCUT2D eigenvalue weighted by molar-refractivity contribution is 0.0245. The van der Waals surface area contributed by atoms with Crippen LogP contribution in [0, 0.1) is 0 Å². The highest BCUT2D eigenvalue weighted by Gasteiger charge is 2.26. The lowest BCUT2D eigenvalue weighted by Gasteiger charge is -2.30. The molecule has 0 amide bonds. The Labute approximate surface area is 125 Å². The number of ether oxygens (including phenoxy) is 2. The molecule has 1 aliphatic heterocycles. The molecule has 110 valence electrons. The van der Waals surface area contributed by atoms with Gasteiger partial charge in [-0.2, -0.15) is 0 Å². The molecule has 2 unspecified atom stereocenters. The number of hydrogen-bond donors (Lipinski definition) is 1. The molecule has 3 heteroatoms. The van der Waals surface area contributed by atoms with Gasteiger partial charge in [0.1, 0.15) is 5.75 Å². The van der Waals surface area contributed by atoms with Crippen LogP contribution in [0.15, 0.2) is 48.5 Å². The molecular formula is C18H21NO2. The average molecular weight is 283 g/mol. The van der Waals surface area contributed by atoms with Crippen LogP contribution in [0.2, 0.25) is 0 Å². The van der Waals surface area contributed by atoms with Gasteiger partial charge in [-0.25, -0.2) is 0 Å². The zero-order valence-corrected chi connectivity index (χ0v) is 12.3. The van der Waals surface area contributed by atoms with Crippen molar-refractivity contribution in [3.05, 3.63) is 65.2 Å². The standard InChI is InChI=1S/C18H21NO2/c1-20-17-9-5-3-7-14(17)12-16(19)18-15-8-4-2-6-13(15)10-11-21-18/h2-9,16,18H,10-12,19H2,1H3. The van der Waals surface area contributed by atoms with Gasteiger partial charge in [-0.3, -0.25) is 0 Å². The molecule has 1 heterocycles. The third-order valence-corrected chi connectivity index (χ3v) is 4.07. The van der Waals surface area contributed by atoms with Crippen LogP contribution < -0.4 is 10.5 Å². The molecule has 0 aliphatic carbocycles. The van der Waals surface area contributed by atoms with Crippen LogP contribution in [0.1, 0.15) is 22.8 Å². The van der Waals surface area contributed by atoms with Crippen molar-refractivity contribution < 1.29 is 9.47 Å². The highest BCUT2D eigenvalue weighted by atomic mass is 16.5. The molecule has 1 aliphatic rings. The van der Waals surface area contributed by atoms with E-state index in [4.69, 9.17) is 15.2 Å². The van der Waals surface area contributed by atoms with Gasteiger partial charge < -0.3 is 15.2 Å². The lowest BCUT2D eigenvalue weighted by Crippen LogP contribution is -2.35. The van der Waals surface area contributed by atoms with E-state index in [-0.39, 0.29) is 12.1 Å². The monoisotopic (exact) mass is 283 g/mol. The second-order valence-corrected chi connectivity index (χ2v) is 5.42. The van der Waals surface area contributed by atoms with Crippen LogP contribution in [0.5, 0.6) is 5.75 Å². The van der Waals surface area contributed by atoms with E-state index in [0.29, 0.717) is 0 Å². The molecule has 0 fully saturated rings. The van der Waals surface area contributed by atoms with Crippen molar-refractivity contribution in [3.63, 3.8) is 0 Å². The van der Waals surface area contributed by atoms with E-state index in [1.54, 1.807) is 7.11 Å². The van der Waals surface area contributed by atoms with Crippen LogP contribution in [0.4, 0.5) is 0 Å². The van der Waals surface area contributed by atoms with Crippen LogP contribution in [0.3, 0.4) is 0 Å². The first-order chi connectivity index (χ1) is 10.3. The third-order valence-electron chi connectivity index (χ3n) is 4.07. The minimum Gasteiger partial charge on any atom is -0.496 e. The number of rotatable bonds is 4. The van der Waals surface area contributed by atoms with Gasteiger partial charge >= 0.3 is 0 Å². The maximum Gasteiger partial charge on any atom is 0.122 e. The van der Waals surface area contributed by atoms with Gasteiger partial charge in [-0.15, -0.1) is 0 Å². The number of hydrogen-bond acceptors (Lipinski definition) is 3. The summed E-state index contributed by atoms with van der Waals surface area (Å²) in [5.74, 6) is 0.886. The van der Waals surface area contributed by atoms with E-state index < -0.39 is 0 Å². The van der Waals surface area contributed by atoms with Crippen LogP contribution >= 0.6 is 0 Å². The van der Waals surface area contributed by atoms with Gasteiger partial charge in [0.05, 0.1) is 19.8 Å². The summed E-state index contributed by atoms with van der Waals surface area (Å²) in [6.07, 6.45) is 1.66. The van der Waals surface area contributed by atoms with Crippen molar-refractivity contribution in [3.8, 4) is 5.75 Å². The first-order valence-corrected chi connectivity index (χ1v) is 7.36. The van der Waals surface area contributed by atoms with E-state index in [1.165, 1.54) is 11.1 Å². The fourth-order valence-corrected chi connectivity index (χ4v) is 3.01. The second kappa shape index (κ2) is 6.29. The molecule has 0 saturated heterocycles. The second-order valence-electron chi connectivity index (χ2n) is 5.42. The van der Waals surface area contributed by atoms with E-state index in [9.17, 15) is 0 Å². The molecule has 0 aromatic heterocycles. The van der Waals surface area contributed by atoms with Crippen molar-refractivity contribution in [2.45, 2.75) is 25.0 Å². The zero-order valence-electron chi connectivity index (χ0n) is 12.3. The number of fused-ring (bicyclic) bond motifs is 1. The van der Waals surface area contributed by atoms with Gasteiger partial charge in [0.2, 0.25) is 0 Å². The van der Waals surface area contributed by atoms with Gasteiger partial charge in [-0.1, -0.05) is 42.5 Å². The largest absolute Gasteiger partial charge is 0.496 e. The van der Waals surface area contributed by atoms with Crippen LogP contribution in [-0.2, 0) is 17.6 Å². The summed E-state index contributed by atoms with van der Waals surface area (Å²) in [6.45, 7) is 0.737. The summed E-state index contributed by atoms with van der Waals surface area (Å²) < 4.78 is 11.4. The van der Waals surface area contributed by atoms with E-state index >= 15 is 0 Å². The molecule has 0 bridgehead atoms. The summed E-state index contributed by atoms with van der Waals surface area (Å²) in [6, 6.07) is 16.4. The van der Waals surface area contributed by atoms with E-state index in [0.717, 1.165) is 30.8 Å². The fraction of sp³-hybridized carbons (Fsp3) is 0.333. The van der Waals surface area contributed by atoms with Crippen molar-refractivity contribution in [1.82, 2.24) is 0 Å². The van der Waals surface area contributed by atoms with Crippen LogP contribution in [0.25, 0.3) is 0 Å². The summed E-state index contributed by atoms with van der Waals surface area (Å²) >= 11 is 0. The Morgan fingerprint density at radius 3 is 2.81 bits per heavy atom. The smallest absolute Gasteiger partial charge is 0.122 e. The zero-order chi connectivity index (χ0) is 14.7. The fourth-order valence-electron chi connectivity index (χ4n) is 3.01. The molecule has 0 radical (unpaired) electrons. The minimum atomic E-state index is -0.0808. The highest BCUT2D eigenvalue weighted by Crippen LogP contribution is 2.31. The summed E-state index contributed by atoms with van der Waals surface area (Å²) in [5, 5.41) is 0. The average Bonchev–Trinajstić information content (AvgIpc) is 2.54. The van der Waals surface area contributed by atoms with Crippen molar-refractivity contribution in [2.24, 2.45) is 5.73 Å². The minimum absolute atomic E-state index is 0.0418. The molecule has 2 aromatic carbocycles. The maximum atomic E-state index is 6.44. The lowest BCUT2D eigenvalue weighted by atomic mass is 9.90. The Morgan fingerprint density at radius 2 is 1.95 bits per heavy atom. The summed E-state index contributed by atoms with van der Waals surface area (Å²) in [7, 11) is 1.69. The molecule has 2 atom stereocenters. The Morgan fingerprint density at radius 1 is 1.19 bits per heavy atom. The molecule has 0 spiro atoms. The van der Waals surface area contributed by atoms with Gasteiger partial charge in [0.15, 0.2) is 0 Å². The molecular weight excluding hydrogens is 262 g/mol. The number of para-hydroxylation sites is 1. The third kappa shape index (κ3) is 2.94. The predicted octanol–water partition coefficient (Wildman–Crippen LogP) is 2.88. The number of nitrogens with two attached hydrogens (primary N) is 1. The summed E-state index contributed by atoms with van der Waals surface area (Å²) in [4.78, 5) is 0. The van der Waals surface area contributed by atoms with Gasteiger partial charge in [0.25, 0.3) is 0 Å². The Kier molecular flexibility index (Phi) is 4.23. The van der Waals surface area contributed by atoms with Crippen molar-refractivity contribution >= 4 is 0 Å². The Hall–Kier alpha value is -1.84. The van der Waals surface area contributed by atoms with Gasteiger partial charge in [-0.05, 0) is 35.6 Å². The SMILES string of the molecule is COc1ccccc1CC(N)C1OCCc2ccccc21. The van der Waals surface area contributed by atoms with Crippen molar-refractivity contribution in [2.75, 3.05) is 13.7 Å². The molecule has 0 saturated carbocycles. The molecule has 2 N–H and O–H groups in total. The van der Waals surface area contributed by atoms with Crippen molar-refractivity contribution in [1.29, 1.82) is 0 Å². The first-order valence-electron chi connectivity index (χ1n) is 7.36. The quantitative estimate of drug-likeness (QED) is 0.938. The Balaban J connectivity index is 1.82. The predicted molar refractivity (Wildman–Crippen MR) is 83.5 cm³/mol. The van der Waals surface area contributed by atoms with Crippen LogP contribution in [-0.4, -0.2) is 19.8 Å². The van der Waals surface area contributed by atoms with E-state index in [1.807, 2.05) is 18.2 Å². The molecule has 21 heavy (non-hydrogen) atoms.